The van der Waals surface area contributed by atoms with Crippen LogP contribution in [0.4, 0.5) is 5.82 Å². The van der Waals surface area contributed by atoms with Crippen LogP contribution in [0.5, 0.6) is 0 Å². The Bertz CT molecular complexity index is 454. The summed E-state index contributed by atoms with van der Waals surface area (Å²) in [5.74, 6) is 0.537. The van der Waals surface area contributed by atoms with Crippen molar-refractivity contribution in [3.8, 4) is 6.07 Å². The highest BCUT2D eigenvalue weighted by Crippen LogP contribution is 2.22. The molecule has 0 spiro atoms. The Morgan fingerprint density at radius 1 is 1.53 bits per heavy atom. The van der Waals surface area contributed by atoms with E-state index in [4.69, 9.17) is 21.6 Å². The summed E-state index contributed by atoms with van der Waals surface area (Å²) in [6, 6.07) is 3.62. The van der Waals surface area contributed by atoms with Crippen LogP contribution in [0.1, 0.15) is 18.4 Å². The van der Waals surface area contributed by atoms with Crippen molar-refractivity contribution in [2.45, 2.75) is 18.9 Å². The molecule has 1 aromatic heterocycles. The Morgan fingerprint density at radius 3 is 3.05 bits per heavy atom. The molecule has 102 valence electrons. The second kappa shape index (κ2) is 7.29. The lowest BCUT2D eigenvalue weighted by Crippen LogP contribution is -2.33. The minimum atomic E-state index is 0.344. The van der Waals surface area contributed by atoms with E-state index in [1.165, 1.54) is 0 Å². The SMILES string of the molecule is N#Cc1ccnc(NCCOC2CCNCC2)c1Cl. The number of nitrogens with one attached hydrogen (secondary N) is 2. The van der Waals surface area contributed by atoms with E-state index in [-0.39, 0.29) is 0 Å². The van der Waals surface area contributed by atoms with Gasteiger partial charge in [-0.15, -0.1) is 0 Å². The number of ether oxygens (including phenoxy) is 1. The molecule has 0 amide bonds. The molecule has 0 aliphatic carbocycles. The summed E-state index contributed by atoms with van der Waals surface area (Å²) in [5.41, 5.74) is 0.429. The summed E-state index contributed by atoms with van der Waals surface area (Å²) in [7, 11) is 0. The van der Waals surface area contributed by atoms with Crippen LogP contribution in [-0.2, 0) is 4.74 Å². The molecule has 1 fully saturated rings. The van der Waals surface area contributed by atoms with Gasteiger partial charge in [-0.1, -0.05) is 11.6 Å². The van der Waals surface area contributed by atoms with Crippen LogP contribution >= 0.6 is 11.6 Å². The third kappa shape index (κ3) is 4.06. The lowest BCUT2D eigenvalue weighted by atomic mass is 10.1. The highest BCUT2D eigenvalue weighted by Gasteiger charge is 2.13. The van der Waals surface area contributed by atoms with E-state index in [2.05, 4.69) is 15.6 Å². The van der Waals surface area contributed by atoms with Crippen molar-refractivity contribution in [3.05, 3.63) is 22.8 Å². The van der Waals surface area contributed by atoms with Gasteiger partial charge in [0.25, 0.3) is 0 Å². The number of nitrogens with zero attached hydrogens (tertiary/aromatic N) is 2. The van der Waals surface area contributed by atoms with Gasteiger partial charge >= 0.3 is 0 Å². The molecule has 0 atom stereocenters. The van der Waals surface area contributed by atoms with Gasteiger partial charge in [-0.2, -0.15) is 5.26 Å². The molecule has 6 heteroatoms. The molecule has 0 bridgehead atoms. The van der Waals surface area contributed by atoms with E-state index >= 15 is 0 Å². The first-order valence-corrected chi connectivity index (χ1v) is 6.80. The number of piperidine rings is 1. The summed E-state index contributed by atoms with van der Waals surface area (Å²) in [4.78, 5) is 4.11. The zero-order valence-electron chi connectivity index (χ0n) is 10.7. The third-order valence-corrected chi connectivity index (χ3v) is 3.43. The topological polar surface area (TPSA) is 70.0 Å². The fraction of sp³-hybridized carbons (Fsp3) is 0.538. The molecule has 1 saturated heterocycles. The summed E-state index contributed by atoms with van der Waals surface area (Å²) in [5, 5.41) is 15.6. The van der Waals surface area contributed by atoms with Gasteiger partial charge in [-0.3, -0.25) is 0 Å². The summed E-state index contributed by atoms with van der Waals surface area (Å²) < 4.78 is 5.76. The Hall–Kier alpha value is -1.35. The Kier molecular flexibility index (Phi) is 5.40. The predicted molar refractivity (Wildman–Crippen MR) is 74.3 cm³/mol. The van der Waals surface area contributed by atoms with Gasteiger partial charge in [-0.25, -0.2) is 4.98 Å². The van der Waals surface area contributed by atoms with Gasteiger partial charge < -0.3 is 15.4 Å². The maximum atomic E-state index is 8.86. The van der Waals surface area contributed by atoms with Gasteiger partial charge in [0.05, 0.1) is 18.3 Å². The van der Waals surface area contributed by atoms with Crippen LogP contribution in [0.15, 0.2) is 12.3 Å². The number of rotatable bonds is 5. The van der Waals surface area contributed by atoms with Crippen LogP contribution in [0.2, 0.25) is 5.02 Å². The fourth-order valence-corrected chi connectivity index (χ4v) is 2.23. The van der Waals surface area contributed by atoms with E-state index in [9.17, 15) is 0 Å². The summed E-state index contributed by atoms with van der Waals surface area (Å²) >= 11 is 6.04. The second-order valence-corrected chi connectivity index (χ2v) is 4.76. The van der Waals surface area contributed by atoms with Crippen molar-refractivity contribution in [2.75, 3.05) is 31.6 Å². The molecule has 19 heavy (non-hydrogen) atoms. The lowest BCUT2D eigenvalue weighted by molar-refractivity contribution is 0.0394. The molecular formula is C13H17ClN4O. The number of halogens is 1. The van der Waals surface area contributed by atoms with Gasteiger partial charge in [0.2, 0.25) is 0 Å². The van der Waals surface area contributed by atoms with E-state index in [0.717, 1.165) is 25.9 Å². The van der Waals surface area contributed by atoms with Crippen molar-refractivity contribution in [3.63, 3.8) is 0 Å². The summed E-state index contributed by atoms with van der Waals surface area (Å²) in [6.45, 7) is 3.29. The van der Waals surface area contributed by atoms with Crippen molar-refractivity contribution in [1.82, 2.24) is 10.3 Å². The molecule has 0 unspecified atom stereocenters. The Morgan fingerprint density at radius 2 is 2.32 bits per heavy atom. The molecule has 1 aliphatic rings. The van der Waals surface area contributed by atoms with E-state index in [1.54, 1.807) is 12.3 Å². The van der Waals surface area contributed by atoms with E-state index < -0.39 is 0 Å². The fourth-order valence-electron chi connectivity index (χ4n) is 2.01. The van der Waals surface area contributed by atoms with Crippen LogP contribution in [0.3, 0.4) is 0 Å². The van der Waals surface area contributed by atoms with Crippen molar-refractivity contribution in [2.24, 2.45) is 0 Å². The molecule has 0 radical (unpaired) electrons. The first kappa shape index (κ1) is 14.1. The van der Waals surface area contributed by atoms with Gasteiger partial charge in [0.1, 0.15) is 16.9 Å². The molecule has 0 saturated carbocycles. The predicted octanol–water partition coefficient (Wildman–Crippen LogP) is 1.79. The third-order valence-electron chi connectivity index (χ3n) is 3.04. The molecule has 1 aliphatic heterocycles. The average Bonchev–Trinajstić information content (AvgIpc) is 2.46. The number of hydrogen-bond acceptors (Lipinski definition) is 5. The smallest absolute Gasteiger partial charge is 0.146 e. The van der Waals surface area contributed by atoms with Crippen LogP contribution in [-0.4, -0.2) is 37.3 Å². The highest BCUT2D eigenvalue weighted by molar-refractivity contribution is 6.34. The van der Waals surface area contributed by atoms with Crippen LogP contribution in [0.25, 0.3) is 0 Å². The van der Waals surface area contributed by atoms with Crippen LogP contribution < -0.4 is 10.6 Å². The van der Waals surface area contributed by atoms with Gasteiger partial charge in [0, 0.05) is 12.7 Å². The minimum absolute atomic E-state index is 0.344. The molecule has 2 heterocycles. The van der Waals surface area contributed by atoms with E-state index in [0.29, 0.717) is 35.7 Å². The number of anilines is 1. The first-order chi connectivity index (χ1) is 9.31. The standard InChI is InChI=1S/C13H17ClN4O/c14-12-10(9-15)1-6-17-13(12)18-7-8-19-11-2-4-16-5-3-11/h1,6,11,16H,2-5,7-8H2,(H,17,18). The Balaban J connectivity index is 1.75. The molecule has 2 rings (SSSR count). The molecule has 5 nitrogen and oxygen atoms in total. The van der Waals surface area contributed by atoms with Gasteiger partial charge in [0.15, 0.2) is 0 Å². The number of nitriles is 1. The highest BCUT2D eigenvalue weighted by atomic mass is 35.5. The number of aromatic nitrogens is 1. The normalized spacial score (nSPS) is 16.0. The maximum Gasteiger partial charge on any atom is 0.146 e. The molecule has 1 aromatic rings. The molecule has 0 aromatic carbocycles. The average molecular weight is 281 g/mol. The van der Waals surface area contributed by atoms with Crippen molar-refractivity contribution < 1.29 is 4.74 Å². The number of pyridine rings is 1. The zero-order valence-corrected chi connectivity index (χ0v) is 11.4. The summed E-state index contributed by atoms with van der Waals surface area (Å²) in [6.07, 6.45) is 4.03. The zero-order chi connectivity index (χ0) is 13.5. The van der Waals surface area contributed by atoms with Crippen molar-refractivity contribution in [1.29, 1.82) is 5.26 Å². The lowest BCUT2D eigenvalue weighted by Gasteiger charge is -2.23. The molecule has 2 N–H and O–H groups in total. The second-order valence-electron chi connectivity index (χ2n) is 4.38. The number of hydrogen-bond donors (Lipinski definition) is 2. The quantitative estimate of drug-likeness (QED) is 0.805. The van der Waals surface area contributed by atoms with Crippen LogP contribution in [0, 0.1) is 11.3 Å². The first-order valence-electron chi connectivity index (χ1n) is 6.42. The monoisotopic (exact) mass is 280 g/mol. The van der Waals surface area contributed by atoms with Crippen molar-refractivity contribution >= 4 is 17.4 Å². The Labute approximate surface area is 117 Å². The van der Waals surface area contributed by atoms with E-state index in [1.807, 2.05) is 6.07 Å². The maximum absolute atomic E-state index is 8.86. The molecular weight excluding hydrogens is 264 g/mol. The van der Waals surface area contributed by atoms with Gasteiger partial charge in [-0.05, 0) is 32.0 Å². The largest absolute Gasteiger partial charge is 0.376 e. The minimum Gasteiger partial charge on any atom is -0.376 e.